The molecule has 0 saturated carbocycles. The van der Waals surface area contributed by atoms with Gasteiger partial charge in [0, 0.05) is 59.5 Å². The number of non-ortho nitro benzene ring substituents is 2. The highest BCUT2D eigenvalue weighted by Gasteiger charge is 2.33. The Labute approximate surface area is 248 Å². The van der Waals surface area contributed by atoms with E-state index in [-0.39, 0.29) is 33.9 Å². The number of benzene rings is 3. The minimum Gasteiger partial charge on any atom is -0.422 e. The van der Waals surface area contributed by atoms with Crippen LogP contribution in [0.4, 0.5) is 17.1 Å². The lowest BCUT2D eigenvalue weighted by atomic mass is 10.0. The van der Waals surface area contributed by atoms with E-state index in [0.717, 1.165) is 11.0 Å². The van der Waals surface area contributed by atoms with Gasteiger partial charge in [0.15, 0.2) is 0 Å². The van der Waals surface area contributed by atoms with Gasteiger partial charge in [-0.05, 0) is 25.0 Å². The molecule has 13 nitrogen and oxygen atoms in total. The van der Waals surface area contributed by atoms with Crippen molar-refractivity contribution in [2.45, 2.75) is 17.7 Å². The zero-order valence-corrected chi connectivity index (χ0v) is 23.4. The van der Waals surface area contributed by atoms with Crippen LogP contribution in [0.25, 0.3) is 5.76 Å². The third-order valence-electron chi connectivity index (χ3n) is 6.86. The van der Waals surface area contributed by atoms with Crippen molar-refractivity contribution in [1.29, 1.82) is 0 Å². The van der Waals surface area contributed by atoms with Crippen LogP contribution >= 0.6 is 11.8 Å². The van der Waals surface area contributed by atoms with Gasteiger partial charge in [0.25, 0.3) is 17.1 Å². The van der Waals surface area contributed by atoms with Crippen LogP contribution in [0, 0.1) is 30.3 Å². The third kappa shape index (κ3) is 6.55. The molecule has 0 bridgehead atoms. The number of carbonyl (C=O) groups excluding carboxylic acids is 1. The molecule has 0 spiro atoms. The quantitative estimate of drug-likeness (QED) is 0.120. The maximum atomic E-state index is 13.4. The molecule has 14 heteroatoms. The van der Waals surface area contributed by atoms with E-state index in [4.69, 9.17) is 9.47 Å². The SMILES string of the molecule is O=C(O/C(=C1/CCC(Sc2ccccc2[N+](=O)[O-])=C1N1CCOCC1)c1cccc([N+](=O)[O-])c1)c1cccc([N+](=O)[O-])c1. The van der Waals surface area contributed by atoms with Gasteiger partial charge >= 0.3 is 5.97 Å². The van der Waals surface area contributed by atoms with Gasteiger partial charge < -0.3 is 14.4 Å². The summed E-state index contributed by atoms with van der Waals surface area (Å²) in [5.41, 5.74) is 0.938. The fourth-order valence-corrected chi connectivity index (χ4v) is 6.11. The summed E-state index contributed by atoms with van der Waals surface area (Å²) in [5.74, 6) is -0.807. The normalized spacial score (nSPS) is 16.1. The maximum Gasteiger partial charge on any atom is 0.343 e. The third-order valence-corrected chi connectivity index (χ3v) is 8.06. The number of nitro groups is 3. The molecular formula is C29H24N4O9S. The van der Waals surface area contributed by atoms with Crippen molar-refractivity contribution in [3.05, 3.63) is 130 Å². The Bertz CT molecular complexity index is 1680. The highest BCUT2D eigenvalue weighted by atomic mass is 32.2. The van der Waals surface area contributed by atoms with Gasteiger partial charge in [-0.1, -0.05) is 42.1 Å². The van der Waals surface area contributed by atoms with Gasteiger partial charge in [0.2, 0.25) is 0 Å². The molecule has 1 saturated heterocycles. The van der Waals surface area contributed by atoms with Gasteiger partial charge in [-0.25, -0.2) is 4.79 Å². The standard InChI is InChI=1S/C29H24N4O9S/c34-29(20-6-4-8-22(18-20)32(37)38)42-28(19-5-3-7-21(17-19)31(35)36)23-11-12-26(27(23)30-13-15-41-16-14-30)43-25-10-2-1-9-24(25)33(39)40/h1-10,17-18H,11-16H2/b28-23-. The Kier molecular flexibility index (Phi) is 8.78. The molecule has 1 aliphatic carbocycles. The van der Waals surface area contributed by atoms with Crippen LogP contribution in [0.3, 0.4) is 0 Å². The molecule has 0 N–H and O–H groups in total. The Morgan fingerprint density at radius 3 is 2.07 bits per heavy atom. The summed E-state index contributed by atoms with van der Waals surface area (Å²) < 4.78 is 11.5. The van der Waals surface area contributed by atoms with Crippen LogP contribution in [0.15, 0.2) is 93.9 Å². The number of nitrogens with zero attached hydrogens (tertiary/aromatic N) is 4. The summed E-state index contributed by atoms with van der Waals surface area (Å²) >= 11 is 1.25. The van der Waals surface area contributed by atoms with Crippen LogP contribution in [0.2, 0.25) is 0 Å². The minimum atomic E-state index is -0.876. The average molecular weight is 605 g/mol. The number of hydrogen-bond donors (Lipinski definition) is 0. The highest BCUT2D eigenvalue weighted by molar-refractivity contribution is 8.03. The molecule has 0 radical (unpaired) electrons. The zero-order valence-electron chi connectivity index (χ0n) is 22.5. The number of nitro benzene ring substituents is 3. The molecule has 0 aromatic heterocycles. The molecule has 3 aromatic rings. The Morgan fingerprint density at radius 2 is 1.42 bits per heavy atom. The fourth-order valence-electron chi connectivity index (χ4n) is 4.90. The molecular weight excluding hydrogens is 580 g/mol. The van der Waals surface area contributed by atoms with Crippen molar-refractivity contribution < 1.29 is 29.0 Å². The second kappa shape index (κ2) is 12.8. The molecule has 0 amide bonds. The summed E-state index contributed by atoms with van der Waals surface area (Å²) in [5, 5.41) is 34.7. The molecule has 1 heterocycles. The van der Waals surface area contributed by atoms with E-state index in [9.17, 15) is 35.1 Å². The zero-order chi connectivity index (χ0) is 30.5. The van der Waals surface area contributed by atoms with Crippen molar-refractivity contribution in [2.24, 2.45) is 0 Å². The predicted octanol–water partition coefficient (Wildman–Crippen LogP) is 6.11. The molecule has 0 atom stereocenters. The minimum absolute atomic E-state index is 0.0465. The first-order chi connectivity index (χ1) is 20.7. The summed E-state index contributed by atoms with van der Waals surface area (Å²) in [7, 11) is 0. The molecule has 43 heavy (non-hydrogen) atoms. The lowest BCUT2D eigenvalue weighted by Gasteiger charge is -2.32. The molecule has 2 aliphatic rings. The maximum absolute atomic E-state index is 13.4. The second-order valence-corrected chi connectivity index (χ2v) is 10.6. The number of carbonyl (C=O) groups is 1. The number of esters is 1. The Morgan fingerprint density at radius 1 is 0.791 bits per heavy atom. The van der Waals surface area contributed by atoms with Crippen LogP contribution in [0.1, 0.15) is 28.8 Å². The lowest BCUT2D eigenvalue weighted by Crippen LogP contribution is -2.36. The molecule has 1 fully saturated rings. The smallest absolute Gasteiger partial charge is 0.343 e. The van der Waals surface area contributed by atoms with Crippen molar-refractivity contribution in [1.82, 2.24) is 4.90 Å². The fraction of sp³-hybridized carbons (Fsp3) is 0.207. The van der Waals surface area contributed by atoms with Crippen LogP contribution in [-0.4, -0.2) is 51.9 Å². The molecule has 0 unspecified atom stereocenters. The van der Waals surface area contributed by atoms with Crippen molar-refractivity contribution in [2.75, 3.05) is 26.3 Å². The number of rotatable bonds is 9. The number of hydrogen-bond acceptors (Lipinski definition) is 11. The lowest BCUT2D eigenvalue weighted by molar-refractivity contribution is -0.387. The summed E-state index contributed by atoms with van der Waals surface area (Å²) in [6.07, 6.45) is 0.835. The van der Waals surface area contributed by atoms with E-state index in [1.165, 1.54) is 54.2 Å². The van der Waals surface area contributed by atoms with Gasteiger partial charge in [-0.15, -0.1) is 0 Å². The highest BCUT2D eigenvalue weighted by Crippen LogP contribution is 2.48. The van der Waals surface area contributed by atoms with Crippen molar-refractivity contribution in [3.8, 4) is 0 Å². The van der Waals surface area contributed by atoms with E-state index in [1.54, 1.807) is 24.3 Å². The molecule has 220 valence electrons. The predicted molar refractivity (Wildman–Crippen MR) is 156 cm³/mol. The van der Waals surface area contributed by atoms with E-state index < -0.39 is 20.7 Å². The number of para-hydroxylation sites is 1. The van der Waals surface area contributed by atoms with Crippen LogP contribution in [0.5, 0.6) is 0 Å². The van der Waals surface area contributed by atoms with Gasteiger partial charge in [0.1, 0.15) is 5.76 Å². The van der Waals surface area contributed by atoms with Gasteiger partial charge in [-0.3, -0.25) is 30.3 Å². The topological polar surface area (TPSA) is 168 Å². The number of ether oxygens (including phenoxy) is 2. The van der Waals surface area contributed by atoms with Crippen molar-refractivity contribution in [3.63, 3.8) is 0 Å². The first-order valence-electron chi connectivity index (χ1n) is 13.1. The number of thioether (sulfide) groups is 1. The monoisotopic (exact) mass is 604 g/mol. The van der Waals surface area contributed by atoms with E-state index in [1.807, 2.05) is 0 Å². The number of morpholine rings is 1. The Hall–Kier alpha value is -5.08. The van der Waals surface area contributed by atoms with E-state index in [0.29, 0.717) is 55.3 Å². The van der Waals surface area contributed by atoms with Gasteiger partial charge in [0.05, 0.1) is 44.1 Å². The average Bonchev–Trinajstić information content (AvgIpc) is 3.43. The first kappa shape index (κ1) is 29.4. The largest absolute Gasteiger partial charge is 0.422 e. The van der Waals surface area contributed by atoms with Crippen molar-refractivity contribution >= 4 is 40.6 Å². The summed E-state index contributed by atoms with van der Waals surface area (Å²) in [6.45, 7) is 1.86. The molecule has 3 aromatic carbocycles. The Balaban J connectivity index is 1.67. The first-order valence-corrected chi connectivity index (χ1v) is 14.0. The molecule has 5 rings (SSSR count). The van der Waals surface area contributed by atoms with Gasteiger partial charge in [-0.2, -0.15) is 0 Å². The number of allylic oxidation sites excluding steroid dienone is 2. The van der Waals surface area contributed by atoms with E-state index in [2.05, 4.69) is 4.90 Å². The van der Waals surface area contributed by atoms with Crippen LogP contribution in [-0.2, 0) is 9.47 Å². The molecule has 1 aliphatic heterocycles. The summed E-state index contributed by atoms with van der Waals surface area (Å²) in [4.78, 5) is 49.8. The summed E-state index contributed by atoms with van der Waals surface area (Å²) in [6, 6.07) is 17.2. The van der Waals surface area contributed by atoms with Crippen LogP contribution < -0.4 is 0 Å². The second-order valence-electron chi connectivity index (χ2n) is 9.51. The van der Waals surface area contributed by atoms with E-state index >= 15 is 0 Å².